The summed E-state index contributed by atoms with van der Waals surface area (Å²) in [7, 11) is -3.85. The van der Waals surface area contributed by atoms with E-state index in [9.17, 15) is 22.8 Å². The second kappa shape index (κ2) is 10.4. The van der Waals surface area contributed by atoms with Crippen LogP contribution < -0.4 is 15.8 Å². The molecule has 0 aliphatic heterocycles. The van der Waals surface area contributed by atoms with Gasteiger partial charge in [-0.2, -0.15) is 0 Å². The minimum absolute atomic E-state index is 0.0980. The van der Waals surface area contributed by atoms with Gasteiger partial charge in [0.05, 0.1) is 4.90 Å². The van der Waals surface area contributed by atoms with E-state index in [0.29, 0.717) is 11.3 Å². The fourth-order valence-corrected chi connectivity index (χ4v) is 3.33. The first-order valence-corrected chi connectivity index (χ1v) is 11.5. The molecule has 10 heteroatoms. The average molecular weight is 462 g/mol. The fourth-order valence-electron chi connectivity index (χ4n) is 2.82. The first-order valence-electron chi connectivity index (χ1n) is 9.91. The van der Waals surface area contributed by atoms with Crippen LogP contribution in [0.1, 0.15) is 36.7 Å². The van der Waals surface area contributed by atoms with Crippen LogP contribution in [0.3, 0.4) is 0 Å². The van der Waals surface area contributed by atoms with Gasteiger partial charge in [0.25, 0.3) is 11.8 Å². The SMILES string of the molecule is Cc1ccccc1C(=O)N[C@H](C(=O)O[C@H](C)C(=O)Nc1ccc(S(N)(=O)=O)cc1)C(C)C. The minimum atomic E-state index is -3.85. The van der Waals surface area contributed by atoms with E-state index < -0.39 is 40.0 Å². The van der Waals surface area contributed by atoms with Crippen LogP contribution in [-0.2, 0) is 24.3 Å². The summed E-state index contributed by atoms with van der Waals surface area (Å²) in [5.41, 5.74) is 1.51. The van der Waals surface area contributed by atoms with Crippen LogP contribution in [0.2, 0.25) is 0 Å². The van der Waals surface area contributed by atoms with Gasteiger partial charge in [-0.05, 0) is 55.7 Å². The van der Waals surface area contributed by atoms with Gasteiger partial charge in [0.2, 0.25) is 10.0 Å². The van der Waals surface area contributed by atoms with Crippen molar-refractivity contribution < 1.29 is 27.5 Å². The molecule has 172 valence electrons. The van der Waals surface area contributed by atoms with Gasteiger partial charge in [0.1, 0.15) is 6.04 Å². The Labute approximate surface area is 187 Å². The molecule has 2 aromatic rings. The molecular formula is C22H27N3O6S. The van der Waals surface area contributed by atoms with Gasteiger partial charge in [-0.1, -0.05) is 32.0 Å². The molecule has 0 heterocycles. The highest BCUT2D eigenvalue weighted by Gasteiger charge is 2.29. The van der Waals surface area contributed by atoms with Gasteiger partial charge in [-0.25, -0.2) is 18.4 Å². The molecule has 0 aliphatic carbocycles. The van der Waals surface area contributed by atoms with Gasteiger partial charge >= 0.3 is 5.97 Å². The Morgan fingerprint density at radius 1 is 0.969 bits per heavy atom. The summed E-state index contributed by atoms with van der Waals surface area (Å²) in [6, 6.07) is 11.3. The number of sulfonamides is 1. The summed E-state index contributed by atoms with van der Waals surface area (Å²) < 4.78 is 27.9. The van der Waals surface area contributed by atoms with Crippen molar-refractivity contribution in [3.05, 3.63) is 59.7 Å². The summed E-state index contributed by atoms with van der Waals surface area (Å²) in [6.07, 6.45) is -1.16. The highest BCUT2D eigenvalue weighted by atomic mass is 32.2. The second-order valence-corrected chi connectivity index (χ2v) is 9.21. The van der Waals surface area contributed by atoms with E-state index in [1.165, 1.54) is 31.2 Å². The van der Waals surface area contributed by atoms with E-state index >= 15 is 0 Å². The fraction of sp³-hybridized carbons (Fsp3) is 0.318. The van der Waals surface area contributed by atoms with Gasteiger partial charge < -0.3 is 15.4 Å². The molecule has 2 amide bonds. The largest absolute Gasteiger partial charge is 0.451 e. The van der Waals surface area contributed by atoms with E-state index in [4.69, 9.17) is 9.88 Å². The highest BCUT2D eigenvalue weighted by molar-refractivity contribution is 7.89. The number of nitrogens with two attached hydrogens (primary N) is 1. The molecule has 0 saturated carbocycles. The lowest BCUT2D eigenvalue weighted by atomic mass is 10.0. The minimum Gasteiger partial charge on any atom is -0.451 e. The highest BCUT2D eigenvalue weighted by Crippen LogP contribution is 2.14. The standard InChI is InChI=1S/C22H27N3O6S/c1-13(2)19(25-21(27)18-8-6-5-7-14(18)3)22(28)31-15(4)20(26)24-16-9-11-17(12-10-16)32(23,29)30/h5-13,15,19H,1-4H3,(H,24,26)(H,25,27)(H2,23,29,30)/t15-,19+/m1/s1. The predicted octanol–water partition coefficient (Wildman–Crippen LogP) is 1.97. The first kappa shape index (κ1) is 25.0. The van der Waals surface area contributed by atoms with Crippen molar-refractivity contribution in [3.63, 3.8) is 0 Å². The number of aryl methyl sites for hydroxylation is 1. The van der Waals surface area contributed by atoms with Gasteiger partial charge in [0, 0.05) is 11.3 Å². The smallest absolute Gasteiger partial charge is 0.329 e. The zero-order valence-corrected chi connectivity index (χ0v) is 19.1. The lowest BCUT2D eigenvalue weighted by Gasteiger charge is -2.23. The number of ether oxygens (including phenoxy) is 1. The van der Waals surface area contributed by atoms with Crippen molar-refractivity contribution in [2.45, 2.75) is 44.7 Å². The van der Waals surface area contributed by atoms with Crippen molar-refractivity contribution in [2.75, 3.05) is 5.32 Å². The number of hydrogen-bond donors (Lipinski definition) is 3. The number of rotatable bonds is 8. The number of carbonyl (C=O) groups is 3. The van der Waals surface area contributed by atoms with Crippen molar-refractivity contribution in [2.24, 2.45) is 11.1 Å². The van der Waals surface area contributed by atoms with E-state index in [1.807, 2.05) is 6.07 Å². The third-order valence-corrected chi connectivity index (χ3v) is 5.64. The maximum Gasteiger partial charge on any atom is 0.329 e. The van der Waals surface area contributed by atoms with Crippen molar-refractivity contribution in [1.29, 1.82) is 0 Å². The second-order valence-electron chi connectivity index (χ2n) is 7.65. The third kappa shape index (κ3) is 6.63. The monoisotopic (exact) mass is 461 g/mol. The molecule has 32 heavy (non-hydrogen) atoms. The number of amides is 2. The molecule has 2 atom stereocenters. The molecule has 9 nitrogen and oxygen atoms in total. The normalized spacial score (nSPS) is 13.2. The van der Waals surface area contributed by atoms with Crippen molar-refractivity contribution in [3.8, 4) is 0 Å². The maximum atomic E-state index is 12.7. The van der Waals surface area contributed by atoms with Gasteiger partial charge in [-0.3, -0.25) is 9.59 Å². The number of carbonyl (C=O) groups excluding carboxylic acids is 3. The Balaban J connectivity index is 2.02. The van der Waals surface area contributed by atoms with E-state index in [1.54, 1.807) is 39.0 Å². The van der Waals surface area contributed by atoms with Crippen LogP contribution in [0.5, 0.6) is 0 Å². The number of benzene rings is 2. The number of nitrogens with one attached hydrogen (secondary N) is 2. The van der Waals surface area contributed by atoms with Crippen molar-refractivity contribution in [1.82, 2.24) is 5.32 Å². The predicted molar refractivity (Wildman–Crippen MR) is 119 cm³/mol. The number of primary sulfonamides is 1. The van der Waals surface area contributed by atoms with E-state index in [-0.39, 0.29) is 10.8 Å². The van der Waals surface area contributed by atoms with Crippen LogP contribution in [0.15, 0.2) is 53.4 Å². The number of esters is 1. The molecule has 0 unspecified atom stereocenters. The molecule has 4 N–H and O–H groups in total. The lowest BCUT2D eigenvalue weighted by Crippen LogP contribution is -2.47. The Hall–Kier alpha value is -3.24. The zero-order valence-electron chi connectivity index (χ0n) is 18.3. The molecule has 0 radical (unpaired) electrons. The molecule has 0 spiro atoms. The van der Waals surface area contributed by atoms with Crippen LogP contribution in [0.25, 0.3) is 0 Å². The first-order chi connectivity index (χ1) is 14.9. The lowest BCUT2D eigenvalue weighted by molar-refractivity contribution is -0.156. The third-order valence-electron chi connectivity index (χ3n) is 4.71. The average Bonchev–Trinajstić information content (AvgIpc) is 2.71. The number of hydrogen-bond acceptors (Lipinski definition) is 6. The summed E-state index contributed by atoms with van der Waals surface area (Å²) >= 11 is 0. The molecule has 2 aromatic carbocycles. The van der Waals surface area contributed by atoms with E-state index in [0.717, 1.165) is 5.56 Å². The zero-order chi connectivity index (χ0) is 24.1. The van der Waals surface area contributed by atoms with Crippen LogP contribution in [0.4, 0.5) is 5.69 Å². The topological polar surface area (TPSA) is 145 Å². The van der Waals surface area contributed by atoms with Gasteiger partial charge in [-0.15, -0.1) is 0 Å². The quantitative estimate of drug-likeness (QED) is 0.513. The van der Waals surface area contributed by atoms with Crippen LogP contribution in [0, 0.1) is 12.8 Å². The Kier molecular flexibility index (Phi) is 8.12. The summed E-state index contributed by atoms with van der Waals surface area (Å²) in [5, 5.41) is 10.2. The number of anilines is 1. The molecule has 0 saturated heterocycles. The molecule has 0 bridgehead atoms. The maximum absolute atomic E-state index is 12.7. The molecular weight excluding hydrogens is 434 g/mol. The Morgan fingerprint density at radius 2 is 1.56 bits per heavy atom. The summed E-state index contributed by atoms with van der Waals surface area (Å²) in [5.74, 6) is -2.05. The molecule has 0 aromatic heterocycles. The van der Waals surface area contributed by atoms with Crippen molar-refractivity contribution >= 4 is 33.5 Å². The summed E-state index contributed by atoms with van der Waals surface area (Å²) in [4.78, 5) is 37.5. The summed E-state index contributed by atoms with van der Waals surface area (Å²) in [6.45, 7) is 6.69. The molecule has 0 fully saturated rings. The Morgan fingerprint density at radius 3 is 2.09 bits per heavy atom. The van der Waals surface area contributed by atoms with Crippen LogP contribution >= 0.6 is 0 Å². The molecule has 2 rings (SSSR count). The van der Waals surface area contributed by atoms with E-state index in [2.05, 4.69) is 10.6 Å². The van der Waals surface area contributed by atoms with Gasteiger partial charge in [0.15, 0.2) is 6.10 Å². The Bertz CT molecular complexity index is 1100. The van der Waals surface area contributed by atoms with Crippen LogP contribution in [-0.4, -0.2) is 38.3 Å². The molecule has 0 aliphatic rings.